The number of nitrogens with one attached hydrogen (secondary N) is 1. The zero-order valence-corrected chi connectivity index (χ0v) is 11.6. The van der Waals surface area contributed by atoms with Crippen molar-refractivity contribution in [3.8, 4) is 0 Å². The van der Waals surface area contributed by atoms with E-state index in [-0.39, 0.29) is 12.8 Å². The summed E-state index contributed by atoms with van der Waals surface area (Å²) in [7, 11) is -3.50. The summed E-state index contributed by atoms with van der Waals surface area (Å²) < 4.78 is 16.3. The average Bonchev–Trinajstić information content (AvgIpc) is 2.19. The van der Waals surface area contributed by atoms with Gasteiger partial charge >= 0.3 is 7.60 Å². The molecule has 0 bridgehead atoms. The van der Waals surface area contributed by atoms with Gasteiger partial charge in [-0.25, -0.2) is 0 Å². The molecule has 0 aliphatic rings. The van der Waals surface area contributed by atoms with E-state index in [1.54, 1.807) is 26.0 Å². The lowest BCUT2D eigenvalue weighted by Crippen LogP contribution is -2.03. The van der Waals surface area contributed by atoms with E-state index >= 15 is 0 Å². The van der Waals surface area contributed by atoms with E-state index in [1.165, 1.54) is 0 Å². The van der Waals surface area contributed by atoms with Gasteiger partial charge in [0.15, 0.2) is 0 Å². The Morgan fingerprint density at radius 3 is 2.53 bits per heavy atom. The van der Waals surface area contributed by atoms with Crippen molar-refractivity contribution < 1.29 is 14.0 Å². The SMILES string of the molecule is CCOP(=O)(O)Cc1ccc(NC(C)=S)cc1. The highest BCUT2D eigenvalue weighted by Gasteiger charge is 2.18. The number of benzene rings is 1. The Hall–Kier alpha value is -0.740. The molecule has 0 aliphatic heterocycles. The van der Waals surface area contributed by atoms with Crippen molar-refractivity contribution in [1.82, 2.24) is 0 Å². The van der Waals surface area contributed by atoms with Crippen molar-refractivity contribution in [1.29, 1.82) is 0 Å². The quantitative estimate of drug-likeness (QED) is 0.637. The van der Waals surface area contributed by atoms with Gasteiger partial charge in [-0.3, -0.25) is 4.57 Å². The maximum absolute atomic E-state index is 11.5. The predicted octanol–water partition coefficient (Wildman–Crippen LogP) is 3.17. The molecule has 0 spiro atoms. The molecular formula is C11H16NO3PS. The topological polar surface area (TPSA) is 58.6 Å². The predicted molar refractivity (Wildman–Crippen MR) is 73.5 cm³/mol. The van der Waals surface area contributed by atoms with E-state index in [0.717, 1.165) is 11.3 Å². The molecule has 0 aliphatic carbocycles. The summed E-state index contributed by atoms with van der Waals surface area (Å²) in [5.74, 6) is 0. The molecule has 1 atom stereocenters. The Bertz CT molecular complexity index is 433. The van der Waals surface area contributed by atoms with Crippen LogP contribution in [0.25, 0.3) is 0 Å². The molecule has 1 aromatic rings. The molecule has 0 aromatic heterocycles. The third kappa shape index (κ3) is 5.41. The molecule has 1 aromatic carbocycles. The van der Waals surface area contributed by atoms with Crippen LogP contribution < -0.4 is 5.32 Å². The average molecular weight is 273 g/mol. The summed E-state index contributed by atoms with van der Waals surface area (Å²) in [5.41, 5.74) is 1.63. The van der Waals surface area contributed by atoms with E-state index in [2.05, 4.69) is 5.32 Å². The van der Waals surface area contributed by atoms with Gasteiger partial charge in [0.05, 0.1) is 17.8 Å². The lowest BCUT2D eigenvalue weighted by molar-refractivity contribution is 0.272. The fourth-order valence-corrected chi connectivity index (χ4v) is 2.66. The van der Waals surface area contributed by atoms with Crippen molar-refractivity contribution >= 4 is 30.5 Å². The molecule has 0 amide bonds. The first kappa shape index (κ1) is 14.3. The Morgan fingerprint density at radius 2 is 2.06 bits per heavy atom. The second-order valence-corrected chi connectivity index (χ2v) is 6.05. The molecule has 2 N–H and O–H groups in total. The monoisotopic (exact) mass is 273 g/mol. The molecule has 0 heterocycles. The van der Waals surface area contributed by atoms with Crippen LogP contribution in [0.2, 0.25) is 0 Å². The highest BCUT2D eigenvalue weighted by atomic mass is 32.1. The van der Waals surface area contributed by atoms with Crippen molar-refractivity contribution in [2.75, 3.05) is 11.9 Å². The Labute approximate surface area is 107 Å². The molecule has 6 heteroatoms. The van der Waals surface area contributed by atoms with Gasteiger partial charge in [-0.1, -0.05) is 24.4 Å². The van der Waals surface area contributed by atoms with Crippen LogP contribution >= 0.6 is 19.8 Å². The molecule has 1 unspecified atom stereocenters. The van der Waals surface area contributed by atoms with Gasteiger partial charge in [0.2, 0.25) is 0 Å². The summed E-state index contributed by atoms with van der Waals surface area (Å²) in [5, 5.41) is 2.99. The summed E-state index contributed by atoms with van der Waals surface area (Å²) >= 11 is 4.92. The smallest absolute Gasteiger partial charge is 0.332 e. The Balaban J connectivity index is 2.68. The number of hydrogen-bond acceptors (Lipinski definition) is 3. The minimum atomic E-state index is -3.50. The van der Waals surface area contributed by atoms with E-state index in [0.29, 0.717) is 4.99 Å². The fourth-order valence-electron chi connectivity index (χ4n) is 1.37. The van der Waals surface area contributed by atoms with Crippen molar-refractivity contribution in [2.24, 2.45) is 0 Å². The van der Waals surface area contributed by atoms with Crippen LogP contribution in [0.4, 0.5) is 5.69 Å². The van der Waals surface area contributed by atoms with Crippen LogP contribution in [0.3, 0.4) is 0 Å². The fraction of sp³-hybridized carbons (Fsp3) is 0.364. The lowest BCUT2D eigenvalue weighted by atomic mass is 10.2. The number of thiocarbonyl (C=S) groups is 1. The molecule has 0 fully saturated rings. The van der Waals surface area contributed by atoms with Gasteiger partial charge in [0.25, 0.3) is 0 Å². The van der Waals surface area contributed by atoms with E-state index in [4.69, 9.17) is 16.7 Å². The van der Waals surface area contributed by atoms with Gasteiger partial charge in [0, 0.05) is 5.69 Å². The molecular weight excluding hydrogens is 257 g/mol. The summed E-state index contributed by atoms with van der Waals surface area (Å²) in [6.07, 6.45) is 0.0255. The zero-order chi connectivity index (χ0) is 12.9. The first-order chi connectivity index (χ1) is 7.93. The molecule has 94 valence electrons. The van der Waals surface area contributed by atoms with Crippen molar-refractivity contribution in [3.63, 3.8) is 0 Å². The maximum atomic E-state index is 11.5. The van der Waals surface area contributed by atoms with Crippen molar-refractivity contribution in [2.45, 2.75) is 20.0 Å². The molecule has 4 nitrogen and oxygen atoms in total. The Morgan fingerprint density at radius 1 is 1.47 bits per heavy atom. The maximum Gasteiger partial charge on any atom is 0.332 e. The van der Waals surface area contributed by atoms with E-state index in [9.17, 15) is 9.46 Å². The van der Waals surface area contributed by atoms with E-state index < -0.39 is 7.60 Å². The summed E-state index contributed by atoms with van der Waals surface area (Å²) in [6, 6.07) is 7.19. The summed E-state index contributed by atoms with van der Waals surface area (Å²) in [4.78, 5) is 10.2. The van der Waals surface area contributed by atoms with Crippen LogP contribution in [0.5, 0.6) is 0 Å². The van der Waals surface area contributed by atoms with Gasteiger partial charge < -0.3 is 14.7 Å². The van der Waals surface area contributed by atoms with Crippen LogP contribution in [0, 0.1) is 0 Å². The van der Waals surface area contributed by atoms with Crippen LogP contribution in [-0.2, 0) is 15.3 Å². The Kier molecular flexibility index (Phi) is 5.28. The van der Waals surface area contributed by atoms with Gasteiger partial charge in [-0.2, -0.15) is 0 Å². The molecule has 0 saturated carbocycles. The third-order valence-electron chi connectivity index (χ3n) is 1.99. The lowest BCUT2D eigenvalue weighted by Gasteiger charge is -2.11. The number of anilines is 1. The first-order valence-electron chi connectivity index (χ1n) is 5.26. The second-order valence-electron chi connectivity index (χ2n) is 3.59. The molecule has 17 heavy (non-hydrogen) atoms. The second kappa shape index (κ2) is 6.26. The highest BCUT2D eigenvalue weighted by Crippen LogP contribution is 2.45. The molecule has 0 radical (unpaired) electrons. The molecule has 0 saturated heterocycles. The number of hydrogen-bond donors (Lipinski definition) is 2. The summed E-state index contributed by atoms with van der Waals surface area (Å²) in [6.45, 7) is 3.72. The number of rotatable bonds is 5. The normalized spacial score (nSPS) is 14.1. The first-order valence-corrected chi connectivity index (χ1v) is 7.43. The van der Waals surface area contributed by atoms with Crippen LogP contribution in [-0.4, -0.2) is 16.5 Å². The highest BCUT2D eigenvalue weighted by molar-refractivity contribution is 7.80. The van der Waals surface area contributed by atoms with Gasteiger partial charge in [-0.15, -0.1) is 0 Å². The minimum absolute atomic E-state index is 0.0255. The standard InChI is InChI=1S/C11H16NO3PS/c1-3-15-16(13,14)8-10-4-6-11(7-5-10)12-9(2)17/h4-7H,3,8H2,1-2H3,(H,12,17)(H,13,14). The molecule has 1 rings (SSSR count). The van der Waals surface area contributed by atoms with Gasteiger partial charge in [-0.05, 0) is 31.5 Å². The van der Waals surface area contributed by atoms with Crippen LogP contribution in [0.1, 0.15) is 19.4 Å². The van der Waals surface area contributed by atoms with Gasteiger partial charge in [0.1, 0.15) is 0 Å². The van der Waals surface area contributed by atoms with E-state index in [1.807, 2.05) is 12.1 Å². The van der Waals surface area contributed by atoms with Crippen molar-refractivity contribution in [3.05, 3.63) is 29.8 Å². The van der Waals surface area contributed by atoms with Crippen LogP contribution in [0.15, 0.2) is 24.3 Å². The zero-order valence-electron chi connectivity index (χ0n) is 9.84. The largest absolute Gasteiger partial charge is 0.350 e. The minimum Gasteiger partial charge on any atom is -0.350 e. The third-order valence-corrected chi connectivity index (χ3v) is 3.52.